The number of halogens is 1. The summed E-state index contributed by atoms with van der Waals surface area (Å²) in [5.41, 5.74) is 3.31. The van der Waals surface area contributed by atoms with Crippen LogP contribution in [0.2, 0.25) is 0 Å². The molecule has 2 N–H and O–H groups in total. The van der Waals surface area contributed by atoms with E-state index in [1.165, 1.54) is 10.4 Å². The van der Waals surface area contributed by atoms with Crippen LogP contribution < -0.4 is 10.6 Å². The molecule has 5 nitrogen and oxygen atoms in total. The highest BCUT2D eigenvalue weighted by molar-refractivity contribution is 7.22. The molecule has 3 aromatic rings. The van der Waals surface area contributed by atoms with E-state index in [-0.39, 0.29) is 18.3 Å². The van der Waals surface area contributed by atoms with E-state index in [4.69, 9.17) is 4.98 Å². The van der Waals surface area contributed by atoms with Crippen LogP contribution in [0.1, 0.15) is 24.3 Å². The van der Waals surface area contributed by atoms with Crippen molar-refractivity contribution in [1.82, 2.24) is 15.3 Å². The third-order valence-corrected chi connectivity index (χ3v) is 6.11. The van der Waals surface area contributed by atoms with Crippen LogP contribution in [-0.4, -0.2) is 21.9 Å². The summed E-state index contributed by atoms with van der Waals surface area (Å²) >= 11 is 3.31. The third-order valence-electron chi connectivity index (χ3n) is 3.91. The maximum Gasteiger partial charge on any atom is 0.221 e. The van der Waals surface area contributed by atoms with Crippen molar-refractivity contribution in [1.29, 1.82) is 0 Å². The molecule has 3 aromatic heterocycles. The normalized spacial score (nSPS) is 16.5. The number of nitrogens with zero attached hydrogens (tertiary/aromatic N) is 2. The summed E-state index contributed by atoms with van der Waals surface area (Å²) in [6.45, 7) is 4.58. The maximum absolute atomic E-state index is 11.6. The van der Waals surface area contributed by atoms with Crippen LogP contribution in [0.5, 0.6) is 0 Å². The Morgan fingerprint density at radius 3 is 3.00 bits per heavy atom. The summed E-state index contributed by atoms with van der Waals surface area (Å²) in [4.78, 5) is 21.8. The third kappa shape index (κ3) is 3.04. The number of carbonyl (C=O) groups excluding carboxylic acids is 1. The molecule has 1 aliphatic rings. The Balaban J connectivity index is 0.00000169. The minimum absolute atomic E-state index is 0. The van der Waals surface area contributed by atoms with Gasteiger partial charge in [0.25, 0.3) is 0 Å². The van der Waals surface area contributed by atoms with Crippen molar-refractivity contribution in [2.45, 2.75) is 32.9 Å². The van der Waals surface area contributed by atoms with Gasteiger partial charge in [0.1, 0.15) is 15.5 Å². The SMILES string of the molecule is CC(=O)Nc1sc2c(c1-c1nc3cnccc3s1)CC(C)NC2.Cl. The highest BCUT2D eigenvalue weighted by Gasteiger charge is 2.26. The van der Waals surface area contributed by atoms with Crippen LogP contribution in [-0.2, 0) is 17.8 Å². The van der Waals surface area contributed by atoms with Crippen molar-refractivity contribution in [2.75, 3.05) is 5.32 Å². The van der Waals surface area contributed by atoms with Crippen molar-refractivity contribution in [2.24, 2.45) is 0 Å². The smallest absolute Gasteiger partial charge is 0.221 e. The van der Waals surface area contributed by atoms with Crippen LogP contribution >= 0.6 is 35.1 Å². The molecule has 0 radical (unpaired) electrons. The molecular weight excluding hydrogens is 364 g/mol. The predicted molar refractivity (Wildman–Crippen MR) is 102 cm³/mol. The molecular formula is C16H17ClN4OS2. The number of pyridine rings is 1. The van der Waals surface area contributed by atoms with Crippen molar-refractivity contribution in [3.8, 4) is 10.6 Å². The topological polar surface area (TPSA) is 66.9 Å². The quantitative estimate of drug-likeness (QED) is 0.709. The maximum atomic E-state index is 11.6. The van der Waals surface area contributed by atoms with E-state index in [1.54, 1.807) is 42.0 Å². The summed E-state index contributed by atoms with van der Waals surface area (Å²) in [5, 5.41) is 8.34. The summed E-state index contributed by atoms with van der Waals surface area (Å²) in [6, 6.07) is 2.41. The van der Waals surface area contributed by atoms with Gasteiger partial charge in [-0.15, -0.1) is 35.1 Å². The second kappa shape index (κ2) is 6.76. The summed E-state index contributed by atoms with van der Waals surface area (Å²) in [5.74, 6) is -0.0476. The molecule has 126 valence electrons. The molecule has 0 fully saturated rings. The standard InChI is InChI=1S/C16H16N4OS2.ClH/c1-8-5-10-13(7-18-8)23-15(19-9(2)21)14(10)16-20-11-6-17-4-3-12(11)22-16;/h3-4,6,8,18H,5,7H2,1-2H3,(H,19,21);1H. The first kappa shape index (κ1) is 17.3. The van der Waals surface area contributed by atoms with Gasteiger partial charge in [0.15, 0.2) is 0 Å². The highest BCUT2D eigenvalue weighted by Crippen LogP contribution is 2.45. The molecule has 8 heteroatoms. The average Bonchev–Trinajstić information content (AvgIpc) is 3.06. The van der Waals surface area contributed by atoms with E-state index >= 15 is 0 Å². The van der Waals surface area contributed by atoms with E-state index in [0.29, 0.717) is 6.04 Å². The van der Waals surface area contributed by atoms with E-state index in [9.17, 15) is 4.79 Å². The number of thiazole rings is 1. The number of aromatic nitrogens is 2. The molecule has 4 rings (SSSR count). The fourth-order valence-electron chi connectivity index (χ4n) is 2.88. The Labute approximate surface area is 153 Å². The lowest BCUT2D eigenvalue weighted by molar-refractivity contribution is -0.114. The number of hydrogen-bond acceptors (Lipinski definition) is 6. The van der Waals surface area contributed by atoms with E-state index in [2.05, 4.69) is 22.5 Å². The molecule has 0 aliphatic carbocycles. The summed E-state index contributed by atoms with van der Waals surface area (Å²) < 4.78 is 1.12. The number of anilines is 1. The van der Waals surface area contributed by atoms with Crippen LogP contribution in [0.15, 0.2) is 18.5 Å². The Morgan fingerprint density at radius 2 is 2.25 bits per heavy atom. The van der Waals surface area contributed by atoms with E-state index < -0.39 is 0 Å². The largest absolute Gasteiger partial charge is 0.317 e. The first-order valence-corrected chi connectivity index (χ1v) is 9.11. The van der Waals surface area contributed by atoms with Crippen molar-refractivity contribution in [3.63, 3.8) is 0 Å². The molecule has 0 saturated heterocycles. The monoisotopic (exact) mass is 380 g/mol. The van der Waals surface area contributed by atoms with Gasteiger partial charge in [0, 0.05) is 36.1 Å². The first-order valence-electron chi connectivity index (χ1n) is 7.48. The number of amides is 1. The zero-order chi connectivity index (χ0) is 16.0. The number of thiophene rings is 1. The number of carbonyl (C=O) groups is 1. The first-order chi connectivity index (χ1) is 11.1. The van der Waals surface area contributed by atoms with Gasteiger partial charge in [-0.3, -0.25) is 9.78 Å². The highest BCUT2D eigenvalue weighted by atomic mass is 35.5. The van der Waals surface area contributed by atoms with Gasteiger partial charge < -0.3 is 10.6 Å². The fourth-order valence-corrected chi connectivity index (χ4v) is 5.18. The van der Waals surface area contributed by atoms with Crippen LogP contribution in [0.3, 0.4) is 0 Å². The molecule has 24 heavy (non-hydrogen) atoms. The molecule has 0 spiro atoms. The molecule has 1 amide bonds. The van der Waals surface area contributed by atoms with Crippen molar-refractivity contribution < 1.29 is 4.79 Å². The lowest BCUT2D eigenvalue weighted by atomic mass is 9.99. The van der Waals surface area contributed by atoms with Gasteiger partial charge in [-0.25, -0.2) is 4.98 Å². The fraction of sp³-hybridized carbons (Fsp3) is 0.312. The lowest BCUT2D eigenvalue weighted by Gasteiger charge is -2.20. The van der Waals surface area contributed by atoms with Crippen LogP contribution in [0.25, 0.3) is 20.8 Å². The van der Waals surface area contributed by atoms with Gasteiger partial charge in [-0.1, -0.05) is 0 Å². The van der Waals surface area contributed by atoms with Gasteiger partial charge in [0.2, 0.25) is 5.91 Å². The minimum Gasteiger partial charge on any atom is -0.317 e. The van der Waals surface area contributed by atoms with Crippen molar-refractivity contribution in [3.05, 3.63) is 28.9 Å². The Bertz CT molecular complexity index is 872. The molecule has 0 saturated carbocycles. The minimum atomic E-state index is -0.0476. The number of hydrogen-bond donors (Lipinski definition) is 2. The van der Waals surface area contributed by atoms with Gasteiger partial charge in [-0.2, -0.15) is 0 Å². The Morgan fingerprint density at radius 1 is 1.42 bits per heavy atom. The average molecular weight is 381 g/mol. The molecule has 1 atom stereocenters. The summed E-state index contributed by atoms with van der Waals surface area (Å²) in [6.07, 6.45) is 4.53. The predicted octanol–water partition coefficient (Wildman–Crippen LogP) is 3.83. The molecule has 1 aliphatic heterocycles. The van der Waals surface area contributed by atoms with Gasteiger partial charge in [0.05, 0.1) is 10.9 Å². The zero-order valence-electron chi connectivity index (χ0n) is 13.3. The van der Waals surface area contributed by atoms with Crippen LogP contribution in [0.4, 0.5) is 5.00 Å². The lowest BCUT2D eigenvalue weighted by Crippen LogP contribution is -2.31. The number of nitrogens with one attached hydrogen (secondary N) is 2. The van der Waals surface area contributed by atoms with Gasteiger partial charge in [-0.05, 0) is 25.0 Å². The summed E-state index contributed by atoms with van der Waals surface area (Å²) in [7, 11) is 0. The molecule has 1 unspecified atom stereocenters. The zero-order valence-corrected chi connectivity index (χ0v) is 15.7. The molecule has 4 heterocycles. The molecule has 0 bridgehead atoms. The van der Waals surface area contributed by atoms with Crippen molar-refractivity contribution >= 4 is 56.2 Å². The van der Waals surface area contributed by atoms with E-state index in [0.717, 1.165) is 38.8 Å². The van der Waals surface area contributed by atoms with Gasteiger partial charge >= 0.3 is 0 Å². The Hall–Kier alpha value is -1.54. The Kier molecular flexibility index (Phi) is 4.87. The van der Waals surface area contributed by atoms with Crippen LogP contribution in [0, 0.1) is 0 Å². The number of rotatable bonds is 2. The van der Waals surface area contributed by atoms with E-state index in [1.807, 2.05) is 6.07 Å². The second-order valence-corrected chi connectivity index (χ2v) is 7.87. The number of fused-ring (bicyclic) bond motifs is 2. The molecule has 0 aromatic carbocycles. The second-order valence-electron chi connectivity index (χ2n) is 5.74.